The number of benzene rings is 1. The summed E-state index contributed by atoms with van der Waals surface area (Å²) < 4.78 is 11.0. The summed E-state index contributed by atoms with van der Waals surface area (Å²) >= 11 is 12.3. The molecule has 1 aromatic rings. The lowest BCUT2D eigenvalue weighted by atomic mass is 10.1. The van der Waals surface area contributed by atoms with E-state index in [-0.39, 0.29) is 44.9 Å². The van der Waals surface area contributed by atoms with Crippen LogP contribution in [0.3, 0.4) is 0 Å². The molecule has 4 nitrogen and oxygen atoms in total. The van der Waals surface area contributed by atoms with Gasteiger partial charge in [-0.3, -0.25) is 0 Å². The van der Waals surface area contributed by atoms with Crippen molar-refractivity contribution in [3.05, 3.63) is 21.2 Å². The first-order chi connectivity index (χ1) is 9.33. The molecule has 0 saturated carbocycles. The molecule has 20 heavy (non-hydrogen) atoms. The second-order valence-electron chi connectivity index (χ2n) is 4.59. The molecular formula is C14H14Cl2N2O2. The van der Waals surface area contributed by atoms with Gasteiger partial charge >= 0.3 is 0 Å². The average molecular weight is 313 g/mol. The van der Waals surface area contributed by atoms with Crippen molar-refractivity contribution >= 4 is 23.2 Å². The third-order valence-electron chi connectivity index (χ3n) is 2.23. The number of ether oxygens (including phenoxy) is 2. The zero-order valence-corrected chi connectivity index (χ0v) is 13.1. The Kier molecular flexibility index (Phi) is 5.51. The van der Waals surface area contributed by atoms with Gasteiger partial charge in [0.15, 0.2) is 11.5 Å². The Morgan fingerprint density at radius 3 is 1.30 bits per heavy atom. The van der Waals surface area contributed by atoms with E-state index in [1.54, 1.807) is 27.7 Å². The highest BCUT2D eigenvalue weighted by molar-refractivity contribution is 6.44. The highest BCUT2D eigenvalue weighted by Crippen LogP contribution is 2.45. The lowest BCUT2D eigenvalue weighted by Crippen LogP contribution is -2.12. The van der Waals surface area contributed by atoms with Crippen LogP contribution in [0.15, 0.2) is 0 Å². The van der Waals surface area contributed by atoms with Crippen LogP contribution < -0.4 is 9.47 Å². The number of hydrogen-bond acceptors (Lipinski definition) is 4. The summed E-state index contributed by atoms with van der Waals surface area (Å²) in [6.07, 6.45) is -0.418. The Hall–Kier alpha value is -1.62. The van der Waals surface area contributed by atoms with E-state index in [4.69, 9.17) is 32.7 Å². The predicted octanol–water partition coefficient (Wildman–Crippen LogP) is 4.31. The van der Waals surface area contributed by atoms with Crippen LogP contribution in [0.5, 0.6) is 11.5 Å². The minimum absolute atomic E-state index is 0.0336. The zero-order valence-electron chi connectivity index (χ0n) is 11.6. The standard InChI is InChI=1S/C14H14Cl2N2O2/c1-7(2)19-13-9(5-17)10(6-18)14(20-8(3)4)12(16)11(13)15/h7-8H,1-4H3. The number of halogens is 2. The normalized spacial score (nSPS) is 10.3. The van der Waals surface area contributed by atoms with Crippen molar-refractivity contribution in [2.45, 2.75) is 39.9 Å². The molecule has 0 fully saturated rings. The van der Waals surface area contributed by atoms with Crippen LogP contribution in [-0.2, 0) is 0 Å². The Morgan fingerprint density at radius 1 is 0.800 bits per heavy atom. The molecule has 6 heteroatoms. The molecule has 0 spiro atoms. The Balaban J connectivity index is 3.65. The molecule has 0 aliphatic carbocycles. The van der Waals surface area contributed by atoms with Gasteiger partial charge in [-0.2, -0.15) is 10.5 Å². The number of nitrogens with zero attached hydrogens (tertiary/aromatic N) is 2. The molecule has 106 valence electrons. The first-order valence-electron chi connectivity index (χ1n) is 6.01. The van der Waals surface area contributed by atoms with E-state index in [1.807, 2.05) is 12.1 Å². The van der Waals surface area contributed by atoms with Crippen LogP contribution in [0.4, 0.5) is 0 Å². The van der Waals surface area contributed by atoms with E-state index >= 15 is 0 Å². The predicted molar refractivity (Wildman–Crippen MR) is 77.4 cm³/mol. The molecule has 0 aliphatic rings. The molecule has 0 amide bonds. The highest BCUT2D eigenvalue weighted by atomic mass is 35.5. The van der Waals surface area contributed by atoms with Crippen molar-refractivity contribution in [2.75, 3.05) is 0 Å². The fraction of sp³-hybridized carbons (Fsp3) is 0.429. The van der Waals surface area contributed by atoms with E-state index in [1.165, 1.54) is 0 Å². The van der Waals surface area contributed by atoms with Crippen molar-refractivity contribution in [3.63, 3.8) is 0 Å². The van der Waals surface area contributed by atoms with E-state index in [0.717, 1.165) is 0 Å². The average Bonchev–Trinajstić information content (AvgIpc) is 2.37. The van der Waals surface area contributed by atoms with Crippen molar-refractivity contribution in [1.29, 1.82) is 10.5 Å². The molecule has 0 saturated heterocycles. The maximum Gasteiger partial charge on any atom is 0.159 e. The van der Waals surface area contributed by atoms with Crippen molar-refractivity contribution in [3.8, 4) is 23.6 Å². The minimum Gasteiger partial charge on any atom is -0.488 e. The molecule has 0 bridgehead atoms. The summed E-state index contributed by atoms with van der Waals surface area (Å²) in [5, 5.41) is 18.7. The van der Waals surface area contributed by atoms with Gasteiger partial charge in [0, 0.05) is 0 Å². The van der Waals surface area contributed by atoms with Crippen molar-refractivity contribution in [2.24, 2.45) is 0 Å². The van der Waals surface area contributed by atoms with Crippen LogP contribution in [-0.4, -0.2) is 12.2 Å². The lowest BCUT2D eigenvalue weighted by molar-refractivity contribution is 0.234. The van der Waals surface area contributed by atoms with Crippen LogP contribution in [0, 0.1) is 22.7 Å². The molecule has 1 aromatic carbocycles. The van der Waals surface area contributed by atoms with Crippen LogP contribution in [0.25, 0.3) is 0 Å². The summed E-state index contributed by atoms with van der Waals surface area (Å²) in [6.45, 7) is 7.15. The van der Waals surface area contributed by atoms with Gasteiger partial charge in [0.1, 0.15) is 33.3 Å². The lowest BCUT2D eigenvalue weighted by Gasteiger charge is -2.19. The molecule has 0 N–H and O–H groups in total. The Labute approximate surface area is 128 Å². The second-order valence-corrected chi connectivity index (χ2v) is 5.35. The van der Waals surface area contributed by atoms with Crippen LogP contribution in [0.1, 0.15) is 38.8 Å². The quantitative estimate of drug-likeness (QED) is 0.830. The Bertz CT molecular complexity index is 546. The van der Waals surface area contributed by atoms with Gasteiger partial charge in [-0.15, -0.1) is 0 Å². The molecule has 1 rings (SSSR count). The van der Waals surface area contributed by atoms with Gasteiger partial charge in [0.2, 0.25) is 0 Å². The van der Waals surface area contributed by atoms with Crippen molar-refractivity contribution in [1.82, 2.24) is 0 Å². The first kappa shape index (κ1) is 16.4. The van der Waals surface area contributed by atoms with Gasteiger partial charge in [0.05, 0.1) is 12.2 Å². The third-order valence-corrected chi connectivity index (χ3v) is 3.04. The largest absolute Gasteiger partial charge is 0.488 e. The topological polar surface area (TPSA) is 66.0 Å². The fourth-order valence-corrected chi connectivity index (χ4v) is 2.00. The molecule has 0 radical (unpaired) electrons. The van der Waals surface area contributed by atoms with Crippen LogP contribution in [0.2, 0.25) is 10.0 Å². The van der Waals surface area contributed by atoms with E-state index in [0.29, 0.717) is 0 Å². The SMILES string of the molecule is CC(C)Oc1c(Cl)c(Cl)c(OC(C)C)c(C#N)c1C#N. The first-order valence-corrected chi connectivity index (χ1v) is 6.77. The van der Waals surface area contributed by atoms with Gasteiger partial charge in [0.25, 0.3) is 0 Å². The highest BCUT2D eigenvalue weighted by Gasteiger charge is 2.25. The summed E-state index contributed by atoms with van der Waals surface area (Å²) in [7, 11) is 0. The van der Waals surface area contributed by atoms with Gasteiger partial charge in [-0.1, -0.05) is 23.2 Å². The molecule has 0 atom stereocenters. The maximum absolute atomic E-state index is 9.28. The summed E-state index contributed by atoms with van der Waals surface area (Å²) in [6, 6.07) is 3.86. The number of rotatable bonds is 4. The zero-order chi connectivity index (χ0) is 15.4. The minimum atomic E-state index is -0.209. The molecule has 0 heterocycles. The maximum atomic E-state index is 9.28. The molecular weight excluding hydrogens is 299 g/mol. The summed E-state index contributed by atoms with van der Waals surface area (Å²) in [4.78, 5) is 0. The molecule has 0 unspecified atom stereocenters. The number of hydrogen-bond donors (Lipinski definition) is 0. The van der Waals surface area contributed by atoms with E-state index in [2.05, 4.69) is 0 Å². The fourth-order valence-electron chi connectivity index (χ4n) is 1.55. The van der Waals surface area contributed by atoms with Gasteiger partial charge < -0.3 is 9.47 Å². The number of nitriles is 2. The van der Waals surface area contributed by atoms with Gasteiger partial charge in [-0.25, -0.2) is 0 Å². The smallest absolute Gasteiger partial charge is 0.159 e. The van der Waals surface area contributed by atoms with E-state index < -0.39 is 0 Å². The second kappa shape index (κ2) is 6.70. The van der Waals surface area contributed by atoms with E-state index in [9.17, 15) is 10.5 Å². The molecule has 0 aliphatic heterocycles. The summed E-state index contributed by atoms with van der Waals surface area (Å²) in [5.41, 5.74) is 0.0671. The van der Waals surface area contributed by atoms with Crippen molar-refractivity contribution < 1.29 is 9.47 Å². The van der Waals surface area contributed by atoms with Crippen LogP contribution >= 0.6 is 23.2 Å². The summed E-state index contributed by atoms with van der Waals surface area (Å²) in [5.74, 6) is 0.226. The third kappa shape index (κ3) is 3.28. The Morgan fingerprint density at radius 2 is 1.10 bits per heavy atom. The monoisotopic (exact) mass is 312 g/mol. The van der Waals surface area contributed by atoms with Gasteiger partial charge in [-0.05, 0) is 27.7 Å². The molecule has 0 aromatic heterocycles.